The molecule has 4 aromatic heterocycles. The van der Waals surface area contributed by atoms with Crippen LogP contribution in [0.2, 0.25) is 0 Å². The minimum absolute atomic E-state index is 0.250. The third-order valence-electron chi connectivity index (χ3n) is 10.7. The second kappa shape index (κ2) is 17.0. The number of fused-ring (bicyclic) bond motifs is 2. The third-order valence-corrected chi connectivity index (χ3v) is 10.7. The van der Waals surface area contributed by atoms with Gasteiger partial charge in [0.05, 0.1) is 35.9 Å². The zero-order valence-corrected chi connectivity index (χ0v) is 31.4. The van der Waals surface area contributed by atoms with Gasteiger partial charge in [0.15, 0.2) is 0 Å². The molecule has 0 atom stereocenters. The molecular formula is C48H46N6O. The molecule has 2 aliphatic carbocycles. The Bertz CT molecular complexity index is 2390. The van der Waals surface area contributed by atoms with Gasteiger partial charge < -0.3 is 5.11 Å². The lowest BCUT2D eigenvalue weighted by Crippen LogP contribution is -1.96. The number of aliphatic imine (C=N–C) groups is 2. The Kier molecular flexibility index (Phi) is 11.2. The van der Waals surface area contributed by atoms with Crippen LogP contribution in [0.25, 0.3) is 50.3 Å². The zero-order chi connectivity index (χ0) is 37.4. The molecule has 0 radical (unpaired) electrons. The van der Waals surface area contributed by atoms with Crippen molar-refractivity contribution in [1.29, 1.82) is 0 Å². The van der Waals surface area contributed by atoms with Crippen LogP contribution in [-0.2, 0) is 13.1 Å². The molecule has 1 fully saturated rings. The third kappa shape index (κ3) is 8.13. The summed E-state index contributed by atoms with van der Waals surface area (Å²) in [5.41, 5.74) is 17.4. The molecule has 55 heavy (non-hydrogen) atoms. The van der Waals surface area contributed by atoms with E-state index < -0.39 is 0 Å². The maximum absolute atomic E-state index is 7.57. The highest BCUT2D eigenvalue weighted by atomic mass is 16.2. The van der Waals surface area contributed by atoms with Crippen molar-refractivity contribution >= 4 is 18.0 Å². The zero-order valence-electron chi connectivity index (χ0n) is 31.4. The van der Waals surface area contributed by atoms with Gasteiger partial charge in [-0.1, -0.05) is 67.4 Å². The maximum Gasteiger partial charge on any atom is 0.0818 e. The number of aliphatic hydroxyl groups is 1. The van der Waals surface area contributed by atoms with Crippen LogP contribution in [0.1, 0.15) is 91.4 Å². The molecule has 7 nitrogen and oxygen atoms in total. The molecule has 0 spiro atoms. The highest BCUT2D eigenvalue weighted by molar-refractivity contribution is 5.89. The Labute approximate surface area is 323 Å². The van der Waals surface area contributed by atoms with E-state index in [0.717, 1.165) is 61.7 Å². The molecule has 4 aliphatic rings. The molecule has 6 aromatic rings. The van der Waals surface area contributed by atoms with Crippen molar-refractivity contribution in [3.63, 3.8) is 0 Å². The highest BCUT2D eigenvalue weighted by Crippen LogP contribution is 2.38. The average Bonchev–Trinajstić information content (AvgIpc) is 4.10. The predicted octanol–water partition coefficient (Wildman–Crippen LogP) is 10.7. The summed E-state index contributed by atoms with van der Waals surface area (Å²) in [7, 11) is 0. The number of aliphatic hydroxyl groups excluding tert-OH is 1. The van der Waals surface area contributed by atoms with E-state index in [1.165, 1.54) is 67.2 Å². The van der Waals surface area contributed by atoms with Crippen LogP contribution in [-0.4, -0.2) is 44.1 Å². The molecule has 0 unspecified atom stereocenters. The first-order valence-corrected chi connectivity index (χ1v) is 19.6. The number of pyridine rings is 4. The second-order valence-electron chi connectivity index (χ2n) is 14.4. The van der Waals surface area contributed by atoms with E-state index in [2.05, 4.69) is 98.8 Å². The lowest BCUT2D eigenvalue weighted by molar-refractivity contribution is 0.318. The van der Waals surface area contributed by atoms with E-state index in [0.29, 0.717) is 19.0 Å². The van der Waals surface area contributed by atoms with E-state index in [4.69, 9.17) is 15.1 Å². The first-order chi connectivity index (χ1) is 27.2. The normalized spacial score (nSPS) is 15.1. The summed E-state index contributed by atoms with van der Waals surface area (Å²) in [6.07, 6.45) is 22.8. The predicted molar refractivity (Wildman–Crippen MR) is 224 cm³/mol. The summed E-state index contributed by atoms with van der Waals surface area (Å²) in [4.78, 5) is 27.3. The Balaban J connectivity index is 0.000000145. The minimum atomic E-state index is 0.250. The van der Waals surface area contributed by atoms with Crippen molar-refractivity contribution in [3.8, 4) is 44.8 Å². The van der Waals surface area contributed by atoms with Gasteiger partial charge in [-0.3, -0.25) is 29.9 Å². The number of hydrogen-bond donors (Lipinski definition) is 1. The molecule has 6 heterocycles. The van der Waals surface area contributed by atoms with Crippen molar-refractivity contribution < 1.29 is 5.11 Å². The van der Waals surface area contributed by atoms with Gasteiger partial charge >= 0.3 is 0 Å². The SMILES string of the molecule is C1=NCc2ncc(-c3cccnc3-c3cccc(C4=CCCC4)c3)cc21.C1=NCc2ncc(-c3cccnc3-c3cccc(C4CCCC4)c3)cc21.CCO. The lowest BCUT2D eigenvalue weighted by Gasteiger charge is -2.13. The van der Waals surface area contributed by atoms with Crippen LogP contribution in [0, 0.1) is 0 Å². The fourth-order valence-corrected chi connectivity index (χ4v) is 8.00. The van der Waals surface area contributed by atoms with Crippen LogP contribution < -0.4 is 0 Å². The van der Waals surface area contributed by atoms with Crippen LogP contribution in [0.3, 0.4) is 0 Å². The maximum atomic E-state index is 7.57. The van der Waals surface area contributed by atoms with Crippen LogP contribution in [0.4, 0.5) is 0 Å². The van der Waals surface area contributed by atoms with Gasteiger partial charge in [-0.05, 0) is 98.0 Å². The van der Waals surface area contributed by atoms with Crippen molar-refractivity contribution in [1.82, 2.24) is 19.9 Å². The molecule has 2 aromatic carbocycles. The van der Waals surface area contributed by atoms with Gasteiger partial charge in [0.25, 0.3) is 0 Å². The molecule has 1 saturated carbocycles. The van der Waals surface area contributed by atoms with Gasteiger partial charge in [-0.25, -0.2) is 0 Å². The van der Waals surface area contributed by atoms with E-state index in [-0.39, 0.29) is 6.61 Å². The van der Waals surface area contributed by atoms with Crippen molar-refractivity contribution in [2.45, 2.75) is 70.9 Å². The van der Waals surface area contributed by atoms with Crippen molar-refractivity contribution in [3.05, 3.63) is 149 Å². The fraction of sp³-hybridized carbons (Fsp3) is 0.250. The first-order valence-electron chi connectivity index (χ1n) is 19.6. The Morgan fingerprint density at radius 2 is 1.16 bits per heavy atom. The molecule has 274 valence electrons. The summed E-state index contributed by atoms with van der Waals surface area (Å²) >= 11 is 0. The number of rotatable bonds is 6. The number of allylic oxidation sites excluding steroid dienone is 2. The topological polar surface area (TPSA) is 96.5 Å². The summed E-state index contributed by atoms with van der Waals surface area (Å²) in [5.74, 6) is 0.708. The summed E-state index contributed by atoms with van der Waals surface area (Å²) in [6, 6.07) is 30.3. The van der Waals surface area contributed by atoms with E-state index in [1.807, 2.05) is 49.3 Å². The number of aromatic nitrogens is 4. The van der Waals surface area contributed by atoms with E-state index in [1.54, 1.807) is 6.92 Å². The Hall–Kier alpha value is -5.92. The van der Waals surface area contributed by atoms with Crippen LogP contribution >= 0.6 is 0 Å². The van der Waals surface area contributed by atoms with Gasteiger partial charge in [0.1, 0.15) is 0 Å². The largest absolute Gasteiger partial charge is 0.397 e. The number of benzene rings is 2. The lowest BCUT2D eigenvalue weighted by atomic mass is 9.93. The molecule has 0 bridgehead atoms. The first kappa shape index (κ1) is 36.1. The Morgan fingerprint density at radius 1 is 0.600 bits per heavy atom. The number of hydrogen-bond acceptors (Lipinski definition) is 7. The molecule has 10 rings (SSSR count). The van der Waals surface area contributed by atoms with Gasteiger partial charge in [-0.15, -0.1) is 0 Å². The van der Waals surface area contributed by atoms with Gasteiger partial charge in [0.2, 0.25) is 0 Å². The molecule has 0 amide bonds. The van der Waals surface area contributed by atoms with E-state index in [9.17, 15) is 0 Å². The molecule has 7 heteroatoms. The van der Waals surface area contributed by atoms with Crippen LogP contribution in [0.5, 0.6) is 0 Å². The smallest absolute Gasteiger partial charge is 0.0818 e. The summed E-state index contributed by atoms with van der Waals surface area (Å²) in [5, 5.41) is 7.57. The molecule has 2 aliphatic heterocycles. The monoisotopic (exact) mass is 722 g/mol. The molecule has 0 saturated heterocycles. The quantitative estimate of drug-likeness (QED) is 0.185. The minimum Gasteiger partial charge on any atom is -0.397 e. The number of nitrogens with zero attached hydrogens (tertiary/aromatic N) is 6. The van der Waals surface area contributed by atoms with Crippen LogP contribution in [0.15, 0.2) is 126 Å². The summed E-state index contributed by atoms with van der Waals surface area (Å²) in [6.45, 7) is 3.31. The Morgan fingerprint density at radius 3 is 1.75 bits per heavy atom. The van der Waals surface area contributed by atoms with E-state index >= 15 is 0 Å². The second-order valence-corrected chi connectivity index (χ2v) is 14.4. The molecule has 1 N–H and O–H groups in total. The molecular weight excluding hydrogens is 677 g/mol. The van der Waals surface area contributed by atoms with Crippen molar-refractivity contribution in [2.75, 3.05) is 6.61 Å². The fourth-order valence-electron chi connectivity index (χ4n) is 8.00. The highest BCUT2D eigenvalue weighted by Gasteiger charge is 2.19. The van der Waals surface area contributed by atoms with Crippen molar-refractivity contribution in [2.24, 2.45) is 9.98 Å². The average molecular weight is 723 g/mol. The van der Waals surface area contributed by atoms with Gasteiger partial charge in [0, 0.05) is 88.3 Å². The summed E-state index contributed by atoms with van der Waals surface area (Å²) < 4.78 is 0. The standard InChI is InChI=1S/C23H21N3.C23H19N3.C2H6O/c2*1-2-6-16(5-1)17-7-3-8-18(11-17)23-21(9-4-10-25-23)19-12-20-13-24-15-22(20)26-14-19;1-2-3/h3-4,7-14,16H,1-2,5-6,15H2;3-5,7-14H,1-2,6,15H2;3H,2H2,1H3. The van der Waals surface area contributed by atoms with Gasteiger partial charge in [-0.2, -0.15) is 0 Å².